The second-order valence-electron chi connectivity index (χ2n) is 4.79. The SMILES string of the molecule is CCCNC(C)c1nnnn1C(C)Cc1cccs1. The van der Waals surface area contributed by atoms with Gasteiger partial charge in [-0.05, 0) is 48.7 Å². The minimum Gasteiger partial charge on any atom is -0.307 e. The number of rotatable bonds is 7. The monoisotopic (exact) mass is 279 g/mol. The molecular weight excluding hydrogens is 258 g/mol. The molecule has 0 aliphatic carbocycles. The molecule has 0 aromatic carbocycles. The maximum atomic E-state index is 4.16. The molecule has 0 radical (unpaired) electrons. The van der Waals surface area contributed by atoms with Crippen LogP contribution < -0.4 is 5.32 Å². The van der Waals surface area contributed by atoms with E-state index in [0.717, 1.165) is 25.2 Å². The normalized spacial score (nSPS) is 14.5. The predicted octanol–water partition coefficient (Wildman–Crippen LogP) is 2.60. The number of thiophene rings is 1. The van der Waals surface area contributed by atoms with E-state index >= 15 is 0 Å². The van der Waals surface area contributed by atoms with Crippen LogP contribution in [-0.2, 0) is 6.42 Å². The summed E-state index contributed by atoms with van der Waals surface area (Å²) in [5.41, 5.74) is 0. The summed E-state index contributed by atoms with van der Waals surface area (Å²) in [5.74, 6) is 0.914. The third-order valence-corrected chi connectivity index (χ3v) is 4.00. The van der Waals surface area contributed by atoms with Crippen molar-refractivity contribution in [3.05, 3.63) is 28.2 Å². The molecule has 2 rings (SSSR count). The maximum absolute atomic E-state index is 4.16. The second kappa shape index (κ2) is 6.77. The Morgan fingerprint density at radius 3 is 2.95 bits per heavy atom. The minimum atomic E-state index is 0.181. The zero-order valence-electron chi connectivity index (χ0n) is 11.7. The van der Waals surface area contributed by atoms with Gasteiger partial charge in [-0.3, -0.25) is 0 Å². The Bertz CT molecular complexity index is 479. The molecule has 0 aliphatic heterocycles. The van der Waals surface area contributed by atoms with E-state index in [1.54, 1.807) is 11.3 Å². The lowest BCUT2D eigenvalue weighted by Gasteiger charge is -2.17. The number of hydrogen-bond donors (Lipinski definition) is 1. The maximum Gasteiger partial charge on any atom is 0.168 e. The van der Waals surface area contributed by atoms with Gasteiger partial charge in [0.15, 0.2) is 5.82 Å². The lowest BCUT2D eigenvalue weighted by atomic mass is 10.2. The first kappa shape index (κ1) is 14.1. The molecule has 0 saturated carbocycles. The smallest absolute Gasteiger partial charge is 0.168 e. The molecule has 0 bridgehead atoms. The molecule has 0 spiro atoms. The van der Waals surface area contributed by atoms with E-state index in [0.29, 0.717) is 0 Å². The Balaban J connectivity index is 2.05. The fourth-order valence-electron chi connectivity index (χ4n) is 2.06. The summed E-state index contributed by atoms with van der Waals surface area (Å²) in [7, 11) is 0. The molecule has 2 aromatic rings. The van der Waals surface area contributed by atoms with Crippen LogP contribution >= 0.6 is 11.3 Å². The van der Waals surface area contributed by atoms with Gasteiger partial charge in [-0.15, -0.1) is 16.4 Å². The highest BCUT2D eigenvalue weighted by Gasteiger charge is 2.18. The summed E-state index contributed by atoms with van der Waals surface area (Å²) in [4.78, 5) is 1.36. The van der Waals surface area contributed by atoms with Gasteiger partial charge in [-0.2, -0.15) is 0 Å². The molecule has 5 nitrogen and oxygen atoms in total. The summed E-state index contributed by atoms with van der Waals surface area (Å²) in [5, 5.41) is 17.7. The third kappa shape index (κ3) is 3.61. The molecule has 0 saturated heterocycles. The summed E-state index contributed by atoms with van der Waals surface area (Å²) >= 11 is 1.78. The number of tetrazole rings is 1. The van der Waals surface area contributed by atoms with Crippen LogP contribution in [-0.4, -0.2) is 26.8 Å². The van der Waals surface area contributed by atoms with Gasteiger partial charge < -0.3 is 5.32 Å². The highest BCUT2D eigenvalue weighted by molar-refractivity contribution is 7.09. The van der Waals surface area contributed by atoms with Crippen LogP contribution in [0, 0.1) is 0 Å². The fraction of sp³-hybridized carbons (Fsp3) is 0.615. The topological polar surface area (TPSA) is 55.6 Å². The van der Waals surface area contributed by atoms with Crippen molar-refractivity contribution in [2.45, 2.75) is 45.7 Å². The van der Waals surface area contributed by atoms with Crippen molar-refractivity contribution in [1.82, 2.24) is 25.5 Å². The number of hydrogen-bond acceptors (Lipinski definition) is 5. The van der Waals surface area contributed by atoms with Gasteiger partial charge >= 0.3 is 0 Å². The number of aromatic nitrogens is 4. The molecule has 19 heavy (non-hydrogen) atoms. The van der Waals surface area contributed by atoms with Crippen molar-refractivity contribution in [2.75, 3.05) is 6.54 Å². The Morgan fingerprint density at radius 1 is 1.42 bits per heavy atom. The molecule has 104 valence electrons. The standard InChI is InChI=1S/C13H21N5S/c1-4-7-14-11(3)13-15-16-17-18(13)10(2)9-12-6-5-8-19-12/h5-6,8,10-11,14H,4,7,9H2,1-3H3. The third-order valence-electron chi connectivity index (χ3n) is 3.10. The molecule has 6 heteroatoms. The zero-order valence-corrected chi connectivity index (χ0v) is 12.5. The first-order valence-corrected chi connectivity index (χ1v) is 7.63. The molecular formula is C13H21N5S. The Hall–Kier alpha value is -1.27. The van der Waals surface area contributed by atoms with Crippen LogP contribution in [0.4, 0.5) is 0 Å². The van der Waals surface area contributed by atoms with E-state index in [2.05, 4.69) is 59.1 Å². The van der Waals surface area contributed by atoms with E-state index in [1.165, 1.54) is 4.88 Å². The molecule has 0 fully saturated rings. The van der Waals surface area contributed by atoms with Crippen molar-refractivity contribution < 1.29 is 0 Å². The molecule has 2 heterocycles. The molecule has 2 atom stereocenters. The quantitative estimate of drug-likeness (QED) is 0.846. The molecule has 1 N–H and O–H groups in total. The lowest BCUT2D eigenvalue weighted by Crippen LogP contribution is -2.24. The highest BCUT2D eigenvalue weighted by Crippen LogP contribution is 2.20. The average molecular weight is 279 g/mol. The van der Waals surface area contributed by atoms with Gasteiger partial charge in [0.1, 0.15) is 0 Å². The van der Waals surface area contributed by atoms with E-state index in [4.69, 9.17) is 0 Å². The van der Waals surface area contributed by atoms with Crippen LogP contribution in [0.3, 0.4) is 0 Å². The van der Waals surface area contributed by atoms with Gasteiger partial charge in [0.25, 0.3) is 0 Å². The highest BCUT2D eigenvalue weighted by atomic mass is 32.1. The van der Waals surface area contributed by atoms with E-state index in [-0.39, 0.29) is 12.1 Å². The van der Waals surface area contributed by atoms with Crippen LogP contribution in [0.25, 0.3) is 0 Å². The predicted molar refractivity (Wildman–Crippen MR) is 77.3 cm³/mol. The first-order chi connectivity index (χ1) is 9.22. The van der Waals surface area contributed by atoms with E-state index < -0.39 is 0 Å². The Kier molecular flexibility index (Phi) is 5.04. The molecule has 2 aromatic heterocycles. The first-order valence-electron chi connectivity index (χ1n) is 6.76. The minimum absolute atomic E-state index is 0.181. The van der Waals surface area contributed by atoms with E-state index in [9.17, 15) is 0 Å². The number of nitrogens with zero attached hydrogens (tertiary/aromatic N) is 4. The molecule has 0 aliphatic rings. The Morgan fingerprint density at radius 2 is 2.26 bits per heavy atom. The summed E-state index contributed by atoms with van der Waals surface area (Å²) < 4.78 is 1.94. The van der Waals surface area contributed by atoms with Crippen molar-refractivity contribution in [3.8, 4) is 0 Å². The van der Waals surface area contributed by atoms with Crippen molar-refractivity contribution >= 4 is 11.3 Å². The average Bonchev–Trinajstić information content (AvgIpc) is 3.05. The molecule has 0 amide bonds. The van der Waals surface area contributed by atoms with Crippen molar-refractivity contribution in [2.24, 2.45) is 0 Å². The van der Waals surface area contributed by atoms with Crippen LogP contribution in [0.2, 0.25) is 0 Å². The molecule has 2 unspecified atom stereocenters. The summed E-state index contributed by atoms with van der Waals surface area (Å²) in [6, 6.07) is 4.69. The van der Waals surface area contributed by atoms with E-state index in [1.807, 2.05) is 4.68 Å². The fourth-order valence-corrected chi connectivity index (χ4v) is 2.88. The second-order valence-corrected chi connectivity index (χ2v) is 5.82. The van der Waals surface area contributed by atoms with Crippen molar-refractivity contribution in [1.29, 1.82) is 0 Å². The largest absolute Gasteiger partial charge is 0.307 e. The van der Waals surface area contributed by atoms with Gasteiger partial charge in [-0.25, -0.2) is 4.68 Å². The van der Waals surface area contributed by atoms with Gasteiger partial charge in [-0.1, -0.05) is 13.0 Å². The van der Waals surface area contributed by atoms with Gasteiger partial charge in [0.05, 0.1) is 12.1 Å². The lowest BCUT2D eigenvalue weighted by molar-refractivity contribution is 0.426. The van der Waals surface area contributed by atoms with Crippen LogP contribution in [0.1, 0.15) is 50.0 Å². The van der Waals surface area contributed by atoms with Crippen LogP contribution in [0.15, 0.2) is 17.5 Å². The van der Waals surface area contributed by atoms with Crippen molar-refractivity contribution in [3.63, 3.8) is 0 Å². The summed E-state index contributed by atoms with van der Waals surface area (Å²) in [6.45, 7) is 7.40. The van der Waals surface area contributed by atoms with Gasteiger partial charge in [0.2, 0.25) is 0 Å². The number of nitrogens with one attached hydrogen (secondary N) is 1. The van der Waals surface area contributed by atoms with Crippen LogP contribution in [0.5, 0.6) is 0 Å². The van der Waals surface area contributed by atoms with Gasteiger partial charge in [0, 0.05) is 11.3 Å². The summed E-state index contributed by atoms with van der Waals surface area (Å²) in [6.07, 6.45) is 2.08. The zero-order chi connectivity index (χ0) is 13.7. The Labute approximate surface area is 118 Å².